The second-order valence-corrected chi connectivity index (χ2v) is 6.69. The van der Waals surface area contributed by atoms with Crippen LogP contribution in [0.5, 0.6) is 11.5 Å². The summed E-state index contributed by atoms with van der Waals surface area (Å²) < 4.78 is 40.6. The molecule has 10 heteroatoms. The standard InChI is InChI=1S/C18H16F2N2O5S/c1-10(11-4-5-13-14(7-11)27-9-26-13)22-15(23)8-25-17(24)12-3-2-6-21-16(12)28-18(19)20/h2-7,10,18H,8-9H2,1H3,(H,22,23)/t10-/m0/s1. The summed E-state index contributed by atoms with van der Waals surface area (Å²) in [6.07, 6.45) is 1.29. The largest absolute Gasteiger partial charge is 0.454 e. The van der Waals surface area contributed by atoms with E-state index in [1.165, 1.54) is 18.3 Å². The zero-order valence-electron chi connectivity index (χ0n) is 14.7. The Morgan fingerprint density at radius 3 is 2.86 bits per heavy atom. The summed E-state index contributed by atoms with van der Waals surface area (Å²) in [5, 5.41) is 2.53. The molecule has 0 radical (unpaired) electrons. The first-order chi connectivity index (χ1) is 13.4. The first-order valence-corrected chi connectivity index (χ1v) is 9.08. The lowest BCUT2D eigenvalue weighted by Crippen LogP contribution is -2.31. The number of fused-ring (bicyclic) bond motifs is 1. The third-order valence-corrected chi connectivity index (χ3v) is 4.53. The number of halogens is 2. The Labute approximate surface area is 163 Å². The maximum Gasteiger partial charge on any atom is 0.341 e. The normalized spacial score (nSPS) is 13.3. The molecule has 0 aliphatic carbocycles. The maximum absolute atomic E-state index is 12.6. The minimum atomic E-state index is -2.73. The van der Waals surface area contributed by atoms with E-state index >= 15 is 0 Å². The molecule has 0 saturated heterocycles. The van der Waals surface area contributed by atoms with Crippen LogP contribution in [0.3, 0.4) is 0 Å². The lowest BCUT2D eigenvalue weighted by molar-refractivity contribution is -0.124. The number of thioether (sulfide) groups is 1. The number of aromatic nitrogens is 1. The highest BCUT2D eigenvalue weighted by Gasteiger charge is 2.20. The molecule has 0 bridgehead atoms. The Balaban J connectivity index is 1.55. The van der Waals surface area contributed by atoms with Crippen LogP contribution in [0.2, 0.25) is 0 Å². The van der Waals surface area contributed by atoms with Crippen LogP contribution >= 0.6 is 11.8 Å². The van der Waals surface area contributed by atoms with E-state index in [1.807, 2.05) is 0 Å². The lowest BCUT2D eigenvalue weighted by Gasteiger charge is -2.15. The second-order valence-electron chi connectivity index (χ2n) is 5.71. The quantitative estimate of drug-likeness (QED) is 0.554. The Morgan fingerprint density at radius 1 is 1.29 bits per heavy atom. The maximum atomic E-state index is 12.6. The number of carbonyl (C=O) groups excluding carboxylic acids is 2. The SMILES string of the molecule is C[C@H](NC(=O)COC(=O)c1cccnc1SC(F)F)c1ccc2c(c1)OCO2. The molecule has 2 aromatic rings. The van der Waals surface area contributed by atoms with Crippen LogP contribution in [0.25, 0.3) is 0 Å². The van der Waals surface area contributed by atoms with Gasteiger partial charge >= 0.3 is 5.97 Å². The van der Waals surface area contributed by atoms with Gasteiger partial charge < -0.3 is 19.5 Å². The number of amides is 1. The molecule has 1 amide bonds. The number of alkyl halides is 2. The summed E-state index contributed by atoms with van der Waals surface area (Å²) in [6, 6.07) is 7.65. The molecule has 0 unspecified atom stereocenters. The van der Waals surface area contributed by atoms with Crippen LogP contribution in [0.1, 0.15) is 28.9 Å². The van der Waals surface area contributed by atoms with Gasteiger partial charge in [-0.2, -0.15) is 8.78 Å². The zero-order valence-corrected chi connectivity index (χ0v) is 15.5. The van der Waals surface area contributed by atoms with E-state index in [2.05, 4.69) is 10.3 Å². The van der Waals surface area contributed by atoms with Crippen molar-refractivity contribution in [1.29, 1.82) is 0 Å². The number of hydrogen-bond donors (Lipinski definition) is 1. The van der Waals surface area contributed by atoms with Crippen molar-refractivity contribution < 1.29 is 32.6 Å². The molecule has 1 aliphatic rings. The van der Waals surface area contributed by atoms with E-state index in [-0.39, 0.29) is 35.2 Å². The number of ether oxygens (including phenoxy) is 3. The number of nitrogens with zero attached hydrogens (tertiary/aromatic N) is 1. The number of pyridine rings is 1. The Kier molecular flexibility index (Phi) is 6.30. The monoisotopic (exact) mass is 410 g/mol. The molecule has 3 rings (SSSR count). The number of rotatable bonds is 7. The molecule has 148 valence electrons. The van der Waals surface area contributed by atoms with E-state index in [4.69, 9.17) is 14.2 Å². The average Bonchev–Trinajstić information content (AvgIpc) is 3.14. The van der Waals surface area contributed by atoms with E-state index in [1.54, 1.807) is 25.1 Å². The number of carbonyl (C=O) groups is 2. The van der Waals surface area contributed by atoms with Crippen LogP contribution in [0.15, 0.2) is 41.6 Å². The predicted molar refractivity (Wildman–Crippen MR) is 95.5 cm³/mol. The van der Waals surface area contributed by atoms with Crippen molar-refractivity contribution in [3.63, 3.8) is 0 Å². The van der Waals surface area contributed by atoms with Gasteiger partial charge in [0.25, 0.3) is 11.7 Å². The fraction of sp³-hybridized carbons (Fsp3) is 0.278. The fourth-order valence-electron chi connectivity index (χ4n) is 2.48. The molecule has 0 saturated carbocycles. The van der Waals surface area contributed by atoms with Crippen molar-refractivity contribution >= 4 is 23.6 Å². The molecular formula is C18H16F2N2O5S. The van der Waals surface area contributed by atoms with E-state index < -0.39 is 24.2 Å². The molecule has 28 heavy (non-hydrogen) atoms. The highest BCUT2D eigenvalue weighted by Crippen LogP contribution is 2.34. The van der Waals surface area contributed by atoms with E-state index in [0.29, 0.717) is 11.5 Å². The van der Waals surface area contributed by atoms with E-state index in [0.717, 1.165) is 5.56 Å². The van der Waals surface area contributed by atoms with Crippen molar-refractivity contribution in [2.45, 2.75) is 23.7 Å². The summed E-state index contributed by atoms with van der Waals surface area (Å²) >= 11 is 0.137. The molecule has 1 aliphatic heterocycles. The molecule has 2 heterocycles. The van der Waals surface area contributed by atoms with Gasteiger partial charge in [-0.1, -0.05) is 6.07 Å². The topological polar surface area (TPSA) is 86.8 Å². The molecule has 1 aromatic heterocycles. The van der Waals surface area contributed by atoms with Crippen LogP contribution in [-0.4, -0.2) is 36.0 Å². The predicted octanol–water partition coefficient (Wildman–Crippen LogP) is 3.16. The summed E-state index contributed by atoms with van der Waals surface area (Å²) in [5.41, 5.74) is 0.663. The fourth-order valence-corrected chi connectivity index (χ4v) is 3.05. The number of hydrogen-bond acceptors (Lipinski definition) is 7. The average molecular weight is 410 g/mol. The van der Waals surface area contributed by atoms with Gasteiger partial charge in [0.2, 0.25) is 6.79 Å². The van der Waals surface area contributed by atoms with Crippen molar-refractivity contribution in [3.8, 4) is 11.5 Å². The van der Waals surface area contributed by atoms with Gasteiger partial charge in [-0.3, -0.25) is 4.79 Å². The number of nitrogens with one attached hydrogen (secondary N) is 1. The zero-order chi connectivity index (χ0) is 20.1. The third-order valence-electron chi connectivity index (χ3n) is 3.80. The van der Waals surface area contributed by atoms with Gasteiger partial charge in [-0.05, 0) is 48.5 Å². The molecular weight excluding hydrogens is 394 g/mol. The molecule has 7 nitrogen and oxygen atoms in total. The highest BCUT2D eigenvalue weighted by molar-refractivity contribution is 7.99. The molecule has 1 aromatic carbocycles. The Bertz CT molecular complexity index is 881. The molecule has 0 spiro atoms. The minimum absolute atomic E-state index is 0.121. The van der Waals surface area contributed by atoms with E-state index in [9.17, 15) is 18.4 Å². The summed E-state index contributed by atoms with van der Waals surface area (Å²) in [4.78, 5) is 27.9. The van der Waals surface area contributed by atoms with Crippen molar-refractivity contribution in [1.82, 2.24) is 10.3 Å². The van der Waals surface area contributed by atoms with Crippen LogP contribution in [0.4, 0.5) is 8.78 Å². The Morgan fingerprint density at radius 2 is 2.07 bits per heavy atom. The first-order valence-electron chi connectivity index (χ1n) is 8.20. The van der Waals surface area contributed by atoms with Gasteiger partial charge in [-0.25, -0.2) is 9.78 Å². The molecule has 1 atom stereocenters. The first kappa shape index (κ1) is 19.9. The summed E-state index contributed by atoms with van der Waals surface area (Å²) in [7, 11) is 0. The second kappa shape index (κ2) is 8.87. The third kappa shape index (κ3) is 4.89. The Hall–Kier alpha value is -2.88. The molecule has 1 N–H and O–H groups in total. The van der Waals surface area contributed by atoms with Gasteiger partial charge in [0.05, 0.1) is 11.6 Å². The van der Waals surface area contributed by atoms with Gasteiger partial charge in [0, 0.05) is 6.20 Å². The van der Waals surface area contributed by atoms with Gasteiger partial charge in [-0.15, -0.1) is 0 Å². The van der Waals surface area contributed by atoms with Gasteiger partial charge in [0.1, 0.15) is 5.03 Å². The highest BCUT2D eigenvalue weighted by atomic mass is 32.2. The number of benzene rings is 1. The van der Waals surface area contributed by atoms with Crippen LogP contribution < -0.4 is 14.8 Å². The van der Waals surface area contributed by atoms with Crippen LogP contribution in [0, 0.1) is 0 Å². The van der Waals surface area contributed by atoms with Crippen LogP contribution in [-0.2, 0) is 9.53 Å². The lowest BCUT2D eigenvalue weighted by atomic mass is 10.1. The smallest absolute Gasteiger partial charge is 0.341 e. The van der Waals surface area contributed by atoms with Crippen molar-refractivity contribution in [2.24, 2.45) is 0 Å². The number of esters is 1. The minimum Gasteiger partial charge on any atom is -0.454 e. The van der Waals surface area contributed by atoms with Crippen molar-refractivity contribution in [3.05, 3.63) is 47.7 Å². The van der Waals surface area contributed by atoms with Crippen molar-refractivity contribution in [2.75, 3.05) is 13.4 Å². The van der Waals surface area contributed by atoms with Gasteiger partial charge in [0.15, 0.2) is 18.1 Å². The summed E-state index contributed by atoms with van der Waals surface area (Å²) in [6.45, 7) is 1.35. The summed E-state index contributed by atoms with van der Waals surface area (Å²) in [5.74, 6) is -2.95. The molecule has 0 fully saturated rings.